The van der Waals surface area contributed by atoms with Crippen LogP contribution in [0.3, 0.4) is 0 Å². The van der Waals surface area contributed by atoms with E-state index < -0.39 is 0 Å². The van der Waals surface area contributed by atoms with Crippen LogP contribution in [-0.4, -0.2) is 41.5 Å². The molecule has 1 N–H and O–H groups in total. The molecule has 2 aliphatic rings. The Kier molecular flexibility index (Phi) is 4.71. The Morgan fingerprint density at radius 1 is 1.18 bits per heavy atom. The first-order valence-corrected chi connectivity index (χ1v) is 10.8. The van der Waals surface area contributed by atoms with Gasteiger partial charge in [0.15, 0.2) is 0 Å². The molecule has 2 aliphatic heterocycles. The van der Waals surface area contributed by atoms with Gasteiger partial charge in [-0.05, 0) is 52.8 Å². The summed E-state index contributed by atoms with van der Waals surface area (Å²) in [6.45, 7) is 2.31. The number of pyridine rings is 1. The molecule has 2 aromatic heterocycles. The summed E-state index contributed by atoms with van der Waals surface area (Å²) in [6.07, 6.45) is 5.82. The SMILES string of the molecule is O=C([C@H]1C[C@@H](c2ccccc2)CN1)N1CC=C(c2nccc3ccsc23)CC1. The molecule has 3 aromatic rings. The molecule has 1 saturated heterocycles. The van der Waals surface area contributed by atoms with Gasteiger partial charge in [0.05, 0.1) is 16.4 Å². The first-order valence-electron chi connectivity index (χ1n) is 9.88. The van der Waals surface area contributed by atoms with Crippen molar-refractivity contribution in [3.05, 3.63) is 71.4 Å². The van der Waals surface area contributed by atoms with Gasteiger partial charge < -0.3 is 10.2 Å². The van der Waals surface area contributed by atoms with Gasteiger partial charge in [0.25, 0.3) is 0 Å². The maximum Gasteiger partial charge on any atom is 0.240 e. The first kappa shape index (κ1) is 17.6. The van der Waals surface area contributed by atoms with E-state index in [-0.39, 0.29) is 11.9 Å². The molecule has 0 aliphatic carbocycles. The lowest BCUT2D eigenvalue weighted by atomic mass is 9.95. The summed E-state index contributed by atoms with van der Waals surface area (Å²) in [5, 5.41) is 6.81. The number of benzene rings is 1. The molecule has 0 bridgehead atoms. The van der Waals surface area contributed by atoms with Gasteiger partial charge in [0.2, 0.25) is 5.91 Å². The third-order valence-electron chi connectivity index (χ3n) is 5.89. The Hall–Kier alpha value is -2.50. The third kappa shape index (κ3) is 3.25. The molecular weight excluding hydrogens is 366 g/mol. The zero-order chi connectivity index (χ0) is 18.9. The van der Waals surface area contributed by atoms with E-state index >= 15 is 0 Å². The topological polar surface area (TPSA) is 45.2 Å². The fourth-order valence-electron chi connectivity index (χ4n) is 4.33. The number of carbonyl (C=O) groups is 1. The van der Waals surface area contributed by atoms with Gasteiger partial charge in [0, 0.05) is 25.8 Å². The van der Waals surface area contributed by atoms with E-state index in [9.17, 15) is 4.79 Å². The monoisotopic (exact) mass is 389 g/mol. The second kappa shape index (κ2) is 7.49. The van der Waals surface area contributed by atoms with Crippen molar-refractivity contribution in [2.45, 2.75) is 24.8 Å². The summed E-state index contributed by atoms with van der Waals surface area (Å²) in [4.78, 5) is 19.6. The van der Waals surface area contributed by atoms with E-state index in [4.69, 9.17) is 0 Å². The summed E-state index contributed by atoms with van der Waals surface area (Å²) in [7, 11) is 0. The van der Waals surface area contributed by atoms with Crippen molar-refractivity contribution in [2.24, 2.45) is 0 Å². The minimum absolute atomic E-state index is 0.0704. The van der Waals surface area contributed by atoms with Crippen LogP contribution in [0.25, 0.3) is 15.7 Å². The number of hydrogen-bond donors (Lipinski definition) is 1. The Balaban J connectivity index is 1.27. The highest BCUT2D eigenvalue weighted by atomic mass is 32.1. The number of rotatable bonds is 3. The van der Waals surface area contributed by atoms with Crippen LogP contribution in [0.15, 0.2) is 60.1 Å². The molecule has 0 spiro atoms. The van der Waals surface area contributed by atoms with Crippen molar-refractivity contribution < 1.29 is 4.79 Å². The number of hydrogen-bond acceptors (Lipinski definition) is 4. The van der Waals surface area contributed by atoms with Gasteiger partial charge in [0.1, 0.15) is 0 Å². The maximum atomic E-state index is 13.0. The lowest BCUT2D eigenvalue weighted by Gasteiger charge is -2.29. The lowest BCUT2D eigenvalue weighted by Crippen LogP contribution is -2.45. The van der Waals surface area contributed by atoms with E-state index in [0.29, 0.717) is 12.5 Å². The summed E-state index contributed by atoms with van der Waals surface area (Å²) < 4.78 is 1.25. The van der Waals surface area contributed by atoms with Gasteiger partial charge in [-0.1, -0.05) is 36.4 Å². The molecule has 5 rings (SSSR count). The molecule has 4 nitrogen and oxygen atoms in total. The van der Waals surface area contributed by atoms with Crippen LogP contribution in [-0.2, 0) is 4.79 Å². The molecule has 4 heterocycles. The van der Waals surface area contributed by atoms with Crippen molar-refractivity contribution in [3.63, 3.8) is 0 Å². The molecule has 1 fully saturated rings. The highest BCUT2D eigenvalue weighted by Crippen LogP contribution is 2.32. The van der Waals surface area contributed by atoms with Crippen molar-refractivity contribution in [3.8, 4) is 0 Å². The van der Waals surface area contributed by atoms with Crippen LogP contribution < -0.4 is 5.32 Å². The quantitative estimate of drug-likeness (QED) is 0.735. The molecule has 28 heavy (non-hydrogen) atoms. The second-order valence-corrected chi connectivity index (χ2v) is 8.48. The van der Waals surface area contributed by atoms with Crippen molar-refractivity contribution in [1.29, 1.82) is 0 Å². The van der Waals surface area contributed by atoms with E-state index in [0.717, 1.165) is 31.6 Å². The highest BCUT2D eigenvalue weighted by molar-refractivity contribution is 7.17. The largest absolute Gasteiger partial charge is 0.337 e. The molecule has 2 atom stereocenters. The number of amides is 1. The summed E-state index contributed by atoms with van der Waals surface area (Å²) in [5.74, 6) is 0.655. The van der Waals surface area contributed by atoms with Gasteiger partial charge in [-0.3, -0.25) is 9.78 Å². The number of fused-ring (bicyclic) bond motifs is 1. The predicted octanol–water partition coefficient (Wildman–Crippen LogP) is 4.06. The highest BCUT2D eigenvalue weighted by Gasteiger charge is 2.33. The minimum Gasteiger partial charge on any atom is -0.337 e. The van der Waals surface area contributed by atoms with Crippen LogP contribution in [0.4, 0.5) is 0 Å². The second-order valence-electron chi connectivity index (χ2n) is 7.57. The number of aromatic nitrogens is 1. The third-order valence-corrected chi connectivity index (χ3v) is 6.83. The van der Waals surface area contributed by atoms with Gasteiger partial charge >= 0.3 is 0 Å². The van der Waals surface area contributed by atoms with Crippen molar-refractivity contribution >= 4 is 32.9 Å². The van der Waals surface area contributed by atoms with Crippen LogP contribution in [0.1, 0.15) is 30.0 Å². The summed E-state index contributed by atoms with van der Waals surface area (Å²) in [6, 6.07) is 14.6. The van der Waals surface area contributed by atoms with Crippen LogP contribution in [0.2, 0.25) is 0 Å². The van der Waals surface area contributed by atoms with E-state index in [1.165, 1.54) is 21.2 Å². The van der Waals surface area contributed by atoms with Crippen molar-refractivity contribution in [1.82, 2.24) is 15.2 Å². The zero-order valence-corrected chi connectivity index (χ0v) is 16.5. The van der Waals surface area contributed by atoms with E-state index in [2.05, 4.69) is 58.2 Å². The summed E-state index contributed by atoms with van der Waals surface area (Å²) in [5.41, 5.74) is 3.67. The van der Waals surface area contributed by atoms with E-state index in [1.807, 2.05) is 17.2 Å². The molecule has 0 radical (unpaired) electrons. The average molecular weight is 390 g/mol. The Morgan fingerprint density at radius 3 is 2.89 bits per heavy atom. The predicted molar refractivity (Wildman–Crippen MR) is 114 cm³/mol. The fourth-order valence-corrected chi connectivity index (χ4v) is 5.25. The molecule has 0 saturated carbocycles. The Morgan fingerprint density at radius 2 is 2.07 bits per heavy atom. The van der Waals surface area contributed by atoms with Gasteiger partial charge in [-0.2, -0.15) is 0 Å². The first-order chi connectivity index (χ1) is 13.8. The maximum absolute atomic E-state index is 13.0. The number of thiophene rings is 1. The minimum atomic E-state index is -0.0704. The van der Waals surface area contributed by atoms with Gasteiger partial charge in [-0.25, -0.2) is 0 Å². The lowest BCUT2D eigenvalue weighted by molar-refractivity contribution is -0.132. The van der Waals surface area contributed by atoms with Crippen LogP contribution >= 0.6 is 11.3 Å². The van der Waals surface area contributed by atoms with Crippen LogP contribution in [0.5, 0.6) is 0 Å². The Labute approximate surface area is 168 Å². The molecule has 142 valence electrons. The smallest absolute Gasteiger partial charge is 0.240 e. The average Bonchev–Trinajstić information content (AvgIpc) is 3.43. The molecule has 0 unspecified atom stereocenters. The molecule has 1 aromatic carbocycles. The van der Waals surface area contributed by atoms with Crippen molar-refractivity contribution in [2.75, 3.05) is 19.6 Å². The number of nitrogens with one attached hydrogen (secondary N) is 1. The number of nitrogens with zero attached hydrogens (tertiary/aromatic N) is 2. The Bertz CT molecular complexity index is 1030. The number of carbonyl (C=O) groups excluding carboxylic acids is 1. The molecule has 1 amide bonds. The molecule has 5 heteroatoms. The fraction of sp³-hybridized carbons (Fsp3) is 0.304. The normalized spacial score (nSPS) is 22.4. The van der Waals surface area contributed by atoms with Crippen LogP contribution in [0, 0.1) is 0 Å². The zero-order valence-electron chi connectivity index (χ0n) is 15.7. The summed E-state index contributed by atoms with van der Waals surface area (Å²) >= 11 is 1.74. The standard InChI is InChI=1S/C23H23N3OS/c27-23(20-14-19(15-25-20)16-4-2-1-3-5-16)26-11-7-17(8-12-26)21-22-18(6-10-24-21)9-13-28-22/h1-7,9-10,13,19-20,25H,8,11-12,14-15H2/t19-,20-/m1/s1. The van der Waals surface area contributed by atoms with Gasteiger partial charge in [-0.15, -0.1) is 11.3 Å². The molecular formula is C23H23N3OS. The van der Waals surface area contributed by atoms with E-state index in [1.54, 1.807) is 11.3 Å².